The van der Waals surface area contributed by atoms with Gasteiger partial charge in [-0.25, -0.2) is 22.3 Å². The molecule has 42 heavy (non-hydrogen) atoms. The molecule has 1 aromatic carbocycles. The van der Waals surface area contributed by atoms with Gasteiger partial charge in [-0.05, 0) is 55.9 Å². The van der Waals surface area contributed by atoms with E-state index in [0.717, 1.165) is 36.8 Å². The van der Waals surface area contributed by atoms with Gasteiger partial charge in [0, 0.05) is 47.9 Å². The van der Waals surface area contributed by atoms with Crippen molar-refractivity contribution in [1.29, 1.82) is 0 Å². The molecular weight excluding hydrogens is 559 g/mol. The minimum atomic E-state index is -3.67. The Morgan fingerprint density at radius 2 is 1.90 bits per heavy atom. The van der Waals surface area contributed by atoms with Crippen LogP contribution in [0, 0.1) is 11.7 Å². The maximum atomic E-state index is 15.4. The maximum Gasteiger partial charge on any atom is 0.273 e. The summed E-state index contributed by atoms with van der Waals surface area (Å²) in [5.41, 5.74) is 5.00. The number of hydrogen-bond donors (Lipinski definition) is 1. The van der Waals surface area contributed by atoms with Crippen LogP contribution in [0.4, 0.5) is 4.39 Å². The van der Waals surface area contributed by atoms with Gasteiger partial charge < -0.3 is 4.90 Å². The van der Waals surface area contributed by atoms with Crippen LogP contribution in [0.1, 0.15) is 77.1 Å². The number of fused-ring (bicyclic) bond motifs is 2. The average Bonchev–Trinajstić information content (AvgIpc) is 3.88. The van der Waals surface area contributed by atoms with Crippen LogP contribution < -0.4 is 4.72 Å². The maximum absolute atomic E-state index is 15.4. The van der Waals surface area contributed by atoms with Crippen molar-refractivity contribution in [3.05, 3.63) is 82.7 Å². The number of sulfonamides is 1. The quantitative estimate of drug-likeness (QED) is 0.364. The smallest absolute Gasteiger partial charge is 0.273 e. The van der Waals surface area contributed by atoms with Crippen molar-refractivity contribution in [2.45, 2.75) is 50.5 Å². The van der Waals surface area contributed by atoms with Crippen molar-refractivity contribution in [1.82, 2.24) is 29.2 Å². The molecule has 3 atom stereocenters. The lowest BCUT2D eigenvalue weighted by Gasteiger charge is -2.35. The summed E-state index contributed by atoms with van der Waals surface area (Å²) in [7, 11) is -3.67. The zero-order valence-corrected chi connectivity index (χ0v) is 23.9. The Labute approximate surface area is 242 Å². The van der Waals surface area contributed by atoms with Crippen LogP contribution in [0.25, 0.3) is 16.9 Å². The Balaban J connectivity index is 1.17. The fourth-order valence-electron chi connectivity index (χ4n) is 6.01. The van der Waals surface area contributed by atoms with Crippen molar-refractivity contribution < 1.29 is 22.4 Å². The molecular formula is C30H29FN6O4S. The number of carbonyl (C=O) groups excluding carboxylic acids is 2. The molecule has 4 heterocycles. The first-order valence-electron chi connectivity index (χ1n) is 14.0. The zero-order valence-electron chi connectivity index (χ0n) is 23.1. The van der Waals surface area contributed by atoms with Crippen molar-refractivity contribution in [2.24, 2.45) is 5.92 Å². The number of benzene rings is 1. The Kier molecular flexibility index (Phi) is 6.16. The molecule has 0 saturated heterocycles. The van der Waals surface area contributed by atoms with E-state index in [9.17, 15) is 18.0 Å². The highest BCUT2D eigenvalue weighted by Gasteiger charge is 2.46. The number of carbonyl (C=O) groups is 2. The van der Waals surface area contributed by atoms with Crippen molar-refractivity contribution >= 4 is 27.5 Å². The van der Waals surface area contributed by atoms with Crippen LogP contribution in [0.3, 0.4) is 0 Å². The summed E-state index contributed by atoms with van der Waals surface area (Å²) in [6.45, 7) is 2.64. The number of pyridine rings is 1. The summed E-state index contributed by atoms with van der Waals surface area (Å²) in [5.74, 6) is -1.96. The van der Waals surface area contributed by atoms with E-state index in [0.29, 0.717) is 35.7 Å². The summed E-state index contributed by atoms with van der Waals surface area (Å²) in [6, 6.07) is 12.9. The van der Waals surface area contributed by atoms with E-state index in [4.69, 9.17) is 0 Å². The van der Waals surface area contributed by atoms with Crippen LogP contribution in [-0.2, 0) is 21.2 Å². The van der Waals surface area contributed by atoms with Gasteiger partial charge in [0.25, 0.3) is 5.91 Å². The molecule has 2 amide bonds. The summed E-state index contributed by atoms with van der Waals surface area (Å²) in [5, 5.41) is 4.65. The van der Waals surface area contributed by atoms with Crippen molar-refractivity contribution in [3.8, 4) is 11.3 Å². The minimum Gasteiger partial charge on any atom is -0.330 e. The molecule has 0 spiro atoms. The fourth-order valence-corrected chi connectivity index (χ4v) is 6.53. The Bertz CT molecular complexity index is 1890. The molecule has 12 heteroatoms. The van der Waals surface area contributed by atoms with E-state index in [-0.39, 0.29) is 29.3 Å². The normalized spacial score (nSPS) is 21.7. The van der Waals surface area contributed by atoms with E-state index in [2.05, 4.69) is 27.2 Å². The predicted octanol–water partition coefficient (Wildman–Crippen LogP) is 3.75. The van der Waals surface area contributed by atoms with Crippen LogP contribution in [-0.4, -0.2) is 57.5 Å². The van der Waals surface area contributed by atoms with E-state index in [1.54, 1.807) is 10.6 Å². The fraction of sp³-hybridized carbons (Fsp3) is 0.367. The highest BCUT2D eigenvalue weighted by molar-refractivity contribution is 7.89. The molecule has 216 valence electrons. The third-order valence-electron chi connectivity index (χ3n) is 8.47. The summed E-state index contributed by atoms with van der Waals surface area (Å²) in [6.07, 6.45) is 5.44. The number of amides is 2. The Hall–Kier alpha value is -4.19. The van der Waals surface area contributed by atoms with Crippen LogP contribution in [0.5, 0.6) is 0 Å². The lowest BCUT2D eigenvalue weighted by Crippen LogP contribution is -2.39. The van der Waals surface area contributed by atoms with Crippen LogP contribution >= 0.6 is 0 Å². The molecule has 2 aliphatic carbocycles. The number of nitrogens with zero attached hydrogens (tertiary/aromatic N) is 5. The average molecular weight is 589 g/mol. The second-order valence-electron chi connectivity index (χ2n) is 11.5. The van der Waals surface area contributed by atoms with Crippen LogP contribution in [0.2, 0.25) is 0 Å². The molecule has 2 saturated carbocycles. The molecule has 3 aromatic heterocycles. The predicted molar refractivity (Wildman–Crippen MR) is 152 cm³/mol. The number of rotatable bonds is 6. The van der Waals surface area contributed by atoms with E-state index < -0.39 is 27.7 Å². The summed E-state index contributed by atoms with van der Waals surface area (Å²) in [4.78, 5) is 36.8. The molecule has 7 rings (SSSR count). The molecule has 4 aromatic rings. The molecule has 0 radical (unpaired) electrons. The molecule has 1 N–H and O–H groups in total. The van der Waals surface area contributed by atoms with E-state index >= 15 is 4.39 Å². The second-order valence-corrected chi connectivity index (χ2v) is 13.3. The molecule has 1 aliphatic heterocycles. The molecule has 2 fully saturated rings. The standard InChI is InChI=1S/C30H29FN6O4S/c1-16-19-6-4-3-5-17(19)9-10-36(16)30(39)26-13-27(18-7-8-18)37-28(33-26)14-25(34-37)22-15-32-24(12-23(22)31)20-11-21(20)29(38)35-42(2,40)41/h3-6,12-16,18,20-21H,7-11H2,1-2H3,(H,35,38)/t16-,20?,21-/m1/s1. The second kappa shape index (κ2) is 9.69. The molecule has 3 aliphatic rings. The number of aromatic nitrogens is 4. The zero-order chi connectivity index (χ0) is 29.3. The molecule has 0 bridgehead atoms. The first-order chi connectivity index (χ1) is 20.1. The first-order valence-corrected chi connectivity index (χ1v) is 15.9. The highest BCUT2D eigenvalue weighted by Crippen LogP contribution is 2.47. The monoisotopic (exact) mass is 588 g/mol. The number of halogens is 1. The molecule has 1 unspecified atom stereocenters. The van der Waals surface area contributed by atoms with Gasteiger partial charge >= 0.3 is 0 Å². The Morgan fingerprint density at radius 3 is 2.64 bits per heavy atom. The van der Waals surface area contributed by atoms with Crippen LogP contribution in [0.15, 0.2) is 48.7 Å². The summed E-state index contributed by atoms with van der Waals surface area (Å²) >= 11 is 0. The van der Waals surface area contributed by atoms with Gasteiger partial charge in [0.1, 0.15) is 11.5 Å². The van der Waals surface area contributed by atoms with Gasteiger partial charge in [-0.1, -0.05) is 24.3 Å². The summed E-state index contributed by atoms with van der Waals surface area (Å²) < 4.78 is 41.8. The number of nitrogens with one attached hydrogen (secondary N) is 1. The number of hydrogen-bond acceptors (Lipinski definition) is 7. The lowest BCUT2D eigenvalue weighted by molar-refractivity contribution is -0.120. The largest absolute Gasteiger partial charge is 0.330 e. The van der Waals surface area contributed by atoms with Crippen molar-refractivity contribution in [2.75, 3.05) is 12.8 Å². The van der Waals surface area contributed by atoms with Gasteiger partial charge in [0.05, 0.1) is 23.6 Å². The first kappa shape index (κ1) is 26.7. The molecule has 10 nitrogen and oxygen atoms in total. The van der Waals surface area contributed by atoms with Crippen molar-refractivity contribution in [3.63, 3.8) is 0 Å². The van der Waals surface area contributed by atoms with Gasteiger partial charge in [-0.15, -0.1) is 0 Å². The minimum absolute atomic E-state index is 0.0764. The van der Waals surface area contributed by atoms with Gasteiger partial charge in [-0.2, -0.15) is 5.10 Å². The van der Waals surface area contributed by atoms with Gasteiger partial charge in [0.15, 0.2) is 5.65 Å². The van der Waals surface area contributed by atoms with E-state index in [1.807, 2.05) is 34.7 Å². The Morgan fingerprint density at radius 1 is 1.12 bits per heavy atom. The van der Waals surface area contributed by atoms with Gasteiger partial charge in [-0.3, -0.25) is 19.3 Å². The van der Waals surface area contributed by atoms with Gasteiger partial charge in [0.2, 0.25) is 15.9 Å². The highest BCUT2D eigenvalue weighted by atomic mass is 32.2. The third-order valence-corrected chi connectivity index (χ3v) is 9.04. The topological polar surface area (TPSA) is 127 Å². The third kappa shape index (κ3) is 4.83. The van der Waals surface area contributed by atoms with E-state index in [1.165, 1.54) is 17.8 Å². The lowest BCUT2D eigenvalue weighted by atomic mass is 9.93. The SMILES string of the molecule is C[C@@H]1c2ccccc2CCN1C(=O)c1cc(C2CC2)n2nc(-c3cnc(C4C[C@H]4C(=O)NS(C)(=O)=O)cc3F)cc2n1.